The molecule has 0 aliphatic heterocycles. The predicted octanol–water partition coefficient (Wildman–Crippen LogP) is 3.86. The van der Waals surface area contributed by atoms with Gasteiger partial charge in [0.05, 0.1) is 17.9 Å². The van der Waals surface area contributed by atoms with Gasteiger partial charge in [-0.15, -0.1) is 0 Å². The van der Waals surface area contributed by atoms with Crippen molar-refractivity contribution < 1.29 is 27.5 Å². The molecule has 1 aromatic heterocycles. The number of aromatic nitrogens is 2. The third-order valence-electron chi connectivity index (χ3n) is 4.57. The molecule has 0 aliphatic rings. The van der Waals surface area contributed by atoms with Crippen LogP contribution in [0.25, 0.3) is 0 Å². The molecule has 2 aromatic rings. The number of aryl methyl sites for hydroxylation is 1. The van der Waals surface area contributed by atoms with E-state index in [1.54, 1.807) is 17.8 Å². The Morgan fingerprint density at radius 3 is 2.25 bits per heavy atom. The van der Waals surface area contributed by atoms with Gasteiger partial charge in [-0.25, -0.2) is 4.79 Å². The molecule has 2 N–H and O–H groups in total. The standard InChI is InChI=1S/C21H28F3N5O3/c1-20(2,3)16-12-17(28(4)27-16)26-18(30)13-29(10-11-32-5)19(31)25-15-8-6-14(7-9-15)21(22,23)24/h6-9,12H,10-11,13H2,1-5H3,(H,25,31)(H,26,30). The molecular weight excluding hydrogens is 427 g/mol. The first-order valence-corrected chi connectivity index (χ1v) is 9.87. The second-order valence-electron chi connectivity index (χ2n) is 8.26. The number of anilines is 2. The first-order chi connectivity index (χ1) is 14.8. The summed E-state index contributed by atoms with van der Waals surface area (Å²) in [6.07, 6.45) is -4.47. The number of benzene rings is 1. The van der Waals surface area contributed by atoms with Crippen molar-refractivity contribution in [3.63, 3.8) is 0 Å². The summed E-state index contributed by atoms with van der Waals surface area (Å²) in [4.78, 5) is 26.4. The van der Waals surface area contributed by atoms with Gasteiger partial charge in [-0.1, -0.05) is 20.8 Å². The Hall–Kier alpha value is -3.08. The number of carbonyl (C=O) groups excluding carboxylic acids is 2. The summed E-state index contributed by atoms with van der Waals surface area (Å²) < 4.78 is 44.7. The van der Waals surface area contributed by atoms with Gasteiger partial charge in [-0.05, 0) is 24.3 Å². The van der Waals surface area contributed by atoms with E-state index in [9.17, 15) is 22.8 Å². The molecule has 1 heterocycles. The molecular formula is C21H28F3N5O3. The third kappa shape index (κ3) is 6.98. The molecule has 8 nitrogen and oxygen atoms in total. The fourth-order valence-corrected chi connectivity index (χ4v) is 2.71. The zero-order chi connectivity index (χ0) is 24.1. The Balaban J connectivity index is 2.06. The van der Waals surface area contributed by atoms with Crippen LogP contribution in [-0.2, 0) is 28.2 Å². The van der Waals surface area contributed by atoms with Crippen LogP contribution in [0.5, 0.6) is 0 Å². The second-order valence-corrected chi connectivity index (χ2v) is 8.26. The predicted molar refractivity (Wildman–Crippen MR) is 114 cm³/mol. The maximum atomic E-state index is 12.7. The monoisotopic (exact) mass is 455 g/mol. The number of methoxy groups -OCH3 is 1. The van der Waals surface area contributed by atoms with Crippen molar-refractivity contribution in [1.29, 1.82) is 0 Å². The molecule has 2 rings (SSSR count). The van der Waals surface area contributed by atoms with E-state index in [1.807, 2.05) is 20.8 Å². The molecule has 176 valence electrons. The van der Waals surface area contributed by atoms with Crippen molar-refractivity contribution in [3.8, 4) is 0 Å². The summed E-state index contributed by atoms with van der Waals surface area (Å²) in [6, 6.07) is 5.17. The van der Waals surface area contributed by atoms with E-state index >= 15 is 0 Å². The van der Waals surface area contributed by atoms with Crippen molar-refractivity contribution in [1.82, 2.24) is 14.7 Å². The number of carbonyl (C=O) groups is 2. The normalized spacial score (nSPS) is 11.9. The highest BCUT2D eigenvalue weighted by Crippen LogP contribution is 2.30. The highest BCUT2D eigenvalue weighted by Gasteiger charge is 2.30. The lowest BCUT2D eigenvalue weighted by molar-refractivity contribution is -0.137. The van der Waals surface area contributed by atoms with E-state index in [0.29, 0.717) is 5.82 Å². The van der Waals surface area contributed by atoms with Crippen molar-refractivity contribution in [2.75, 3.05) is 37.4 Å². The fraction of sp³-hybridized carbons (Fsp3) is 0.476. The molecule has 0 saturated carbocycles. The number of nitrogens with zero attached hydrogens (tertiary/aromatic N) is 3. The Labute approximate surface area is 184 Å². The molecule has 0 fully saturated rings. The Morgan fingerprint density at radius 1 is 1.12 bits per heavy atom. The van der Waals surface area contributed by atoms with E-state index in [4.69, 9.17) is 4.74 Å². The van der Waals surface area contributed by atoms with Gasteiger partial charge in [0, 0.05) is 37.9 Å². The van der Waals surface area contributed by atoms with Gasteiger partial charge in [-0.2, -0.15) is 18.3 Å². The number of ether oxygens (including phenoxy) is 1. The minimum atomic E-state index is -4.47. The minimum absolute atomic E-state index is 0.106. The average Bonchev–Trinajstić information content (AvgIpc) is 3.05. The van der Waals surface area contributed by atoms with Gasteiger partial charge < -0.3 is 20.3 Å². The Morgan fingerprint density at radius 2 is 1.75 bits per heavy atom. The quantitative estimate of drug-likeness (QED) is 0.664. The van der Waals surface area contributed by atoms with Crippen molar-refractivity contribution in [2.45, 2.75) is 32.4 Å². The molecule has 0 bridgehead atoms. The van der Waals surface area contributed by atoms with Crippen LogP contribution in [0, 0.1) is 0 Å². The lowest BCUT2D eigenvalue weighted by Crippen LogP contribution is -2.42. The number of urea groups is 1. The molecule has 32 heavy (non-hydrogen) atoms. The number of rotatable bonds is 7. The largest absolute Gasteiger partial charge is 0.416 e. The summed E-state index contributed by atoms with van der Waals surface area (Å²) in [5.41, 5.74) is -0.0527. The number of nitrogens with one attached hydrogen (secondary N) is 2. The van der Waals surface area contributed by atoms with E-state index in [2.05, 4.69) is 15.7 Å². The molecule has 0 unspecified atom stereocenters. The SMILES string of the molecule is COCCN(CC(=O)Nc1cc(C(C)(C)C)nn1C)C(=O)Nc1ccc(C(F)(F)F)cc1. The van der Waals surface area contributed by atoms with Gasteiger partial charge >= 0.3 is 12.2 Å². The van der Waals surface area contributed by atoms with Crippen LogP contribution in [0.1, 0.15) is 32.0 Å². The lowest BCUT2D eigenvalue weighted by Gasteiger charge is -2.22. The summed E-state index contributed by atoms with van der Waals surface area (Å²) in [7, 11) is 3.15. The topological polar surface area (TPSA) is 88.5 Å². The lowest BCUT2D eigenvalue weighted by atomic mass is 9.92. The number of hydrogen-bond donors (Lipinski definition) is 2. The summed E-state index contributed by atoms with van der Waals surface area (Å²) in [5.74, 6) is 0.0295. The van der Waals surface area contributed by atoms with Crippen LogP contribution >= 0.6 is 0 Å². The average molecular weight is 455 g/mol. The molecule has 11 heteroatoms. The van der Waals surface area contributed by atoms with Crippen LogP contribution in [-0.4, -0.2) is 53.4 Å². The smallest absolute Gasteiger partial charge is 0.383 e. The Kier molecular flexibility index (Phi) is 7.89. The second kappa shape index (κ2) is 10.0. The third-order valence-corrected chi connectivity index (χ3v) is 4.57. The van der Waals surface area contributed by atoms with Crippen LogP contribution in [0.4, 0.5) is 29.5 Å². The number of amides is 3. The fourth-order valence-electron chi connectivity index (χ4n) is 2.71. The molecule has 0 spiro atoms. The van der Waals surface area contributed by atoms with Crippen molar-refractivity contribution >= 4 is 23.4 Å². The van der Waals surface area contributed by atoms with Crippen LogP contribution in [0.3, 0.4) is 0 Å². The minimum Gasteiger partial charge on any atom is -0.383 e. The first-order valence-electron chi connectivity index (χ1n) is 9.87. The molecule has 1 aromatic carbocycles. The van der Waals surface area contributed by atoms with E-state index in [0.717, 1.165) is 30.0 Å². The Bertz CT molecular complexity index is 934. The van der Waals surface area contributed by atoms with E-state index in [-0.39, 0.29) is 30.8 Å². The molecule has 0 saturated heterocycles. The zero-order valence-electron chi connectivity index (χ0n) is 18.7. The summed E-state index contributed by atoms with van der Waals surface area (Å²) >= 11 is 0. The number of hydrogen-bond acceptors (Lipinski definition) is 4. The molecule has 3 amide bonds. The van der Waals surface area contributed by atoms with Crippen LogP contribution in [0.15, 0.2) is 30.3 Å². The van der Waals surface area contributed by atoms with Gasteiger partial charge in [0.1, 0.15) is 12.4 Å². The van der Waals surface area contributed by atoms with E-state index < -0.39 is 23.7 Å². The van der Waals surface area contributed by atoms with Gasteiger partial charge in [0.2, 0.25) is 5.91 Å². The number of alkyl halides is 3. The molecule has 0 aliphatic carbocycles. The van der Waals surface area contributed by atoms with Crippen LogP contribution < -0.4 is 10.6 Å². The van der Waals surface area contributed by atoms with Crippen molar-refractivity contribution in [2.24, 2.45) is 7.05 Å². The highest BCUT2D eigenvalue weighted by molar-refractivity contribution is 5.96. The first kappa shape index (κ1) is 25.2. The van der Waals surface area contributed by atoms with E-state index in [1.165, 1.54) is 12.0 Å². The molecule has 0 atom stereocenters. The summed E-state index contributed by atoms with van der Waals surface area (Å²) in [6.45, 7) is 5.99. The maximum Gasteiger partial charge on any atom is 0.416 e. The molecule has 0 radical (unpaired) electrons. The van der Waals surface area contributed by atoms with Crippen LogP contribution in [0.2, 0.25) is 0 Å². The number of halogens is 3. The van der Waals surface area contributed by atoms with Gasteiger partial charge in [0.15, 0.2) is 0 Å². The highest BCUT2D eigenvalue weighted by atomic mass is 19.4. The van der Waals surface area contributed by atoms with Gasteiger partial charge in [0.25, 0.3) is 0 Å². The zero-order valence-corrected chi connectivity index (χ0v) is 18.7. The van der Waals surface area contributed by atoms with Crippen molar-refractivity contribution in [3.05, 3.63) is 41.6 Å². The van der Waals surface area contributed by atoms with Gasteiger partial charge in [-0.3, -0.25) is 9.48 Å². The maximum absolute atomic E-state index is 12.7. The summed E-state index contributed by atoms with van der Waals surface area (Å²) in [5, 5.41) is 9.62.